The van der Waals surface area contributed by atoms with Gasteiger partial charge in [-0.05, 0) is 74.2 Å². The second-order valence-electron chi connectivity index (χ2n) is 11.7. The van der Waals surface area contributed by atoms with Crippen molar-refractivity contribution in [1.29, 1.82) is 0 Å². The Morgan fingerprint density at radius 3 is 2.85 bits per heavy atom. The number of amides is 1. The smallest absolute Gasteiger partial charge is 0.278 e. The monoisotopic (exact) mass is 549 g/mol. The third kappa shape index (κ3) is 3.96. The van der Waals surface area contributed by atoms with Crippen LogP contribution in [0.2, 0.25) is 0 Å². The quantitative estimate of drug-likeness (QED) is 0.379. The number of aromatic nitrogens is 4. The number of nitrogens with zero attached hydrogens (tertiary/aromatic N) is 6. The van der Waals surface area contributed by atoms with Crippen LogP contribution in [-0.2, 0) is 23.3 Å². The summed E-state index contributed by atoms with van der Waals surface area (Å²) in [5, 5.41) is 3.82. The van der Waals surface area contributed by atoms with Gasteiger partial charge in [-0.1, -0.05) is 18.2 Å². The zero-order valence-corrected chi connectivity index (χ0v) is 23.0. The van der Waals surface area contributed by atoms with E-state index in [1.165, 1.54) is 24.0 Å². The lowest BCUT2D eigenvalue weighted by atomic mass is 9.87. The first-order valence-electron chi connectivity index (χ1n) is 14.3. The van der Waals surface area contributed by atoms with Crippen LogP contribution in [0.1, 0.15) is 36.8 Å². The number of allylic oxidation sites excluding steroid dienone is 2. The van der Waals surface area contributed by atoms with Gasteiger partial charge in [-0.25, -0.2) is 14.3 Å². The highest BCUT2D eigenvalue weighted by Crippen LogP contribution is 2.52. The summed E-state index contributed by atoms with van der Waals surface area (Å²) in [7, 11) is 2.18. The first-order chi connectivity index (χ1) is 20.0. The SMILES string of the molecule is CN1Cc2cc(Nc3ncc4c(=O)n5n(c4n3)-c3ccc4c(c3)N(CCC/C=C\C5)C(=O)CO4)ccc2C2(CC2)C1. The molecule has 1 aliphatic carbocycles. The maximum atomic E-state index is 13.6. The first-order valence-corrected chi connectivity index (χ1v) is 14.3. The molecule has 8 rings (SSSR count). The van der Waals surface area contributed by atoms with Crippen molar-refractivity contribution >= 4 is 34.3 Å². The summed E-state index contributed by atoms with van der Waals surface area (Å²) >= 11 is 0. The van der Waals surface area contributed by atoms with Gasteiger partial charge < -0.3 is 19.9 Å². The van der Waals surface area contributed by atoms with E-state index >= 15 is 0 Å². The second kappa shape index (κ2) is 9.04. The fourth-order valence-electron chi connectivity index (χ4n) is 6.72. The Bertz CT molecular complexity index is 1820. The van der Waals surface area contributed by atoms with Crippen LogP contribution in [0, 0.1) is 0 Å². The molecule has 1 fully saturated rings. The maximum absolute atomic E-state index is 13.6. The van der Waals surface area contributed by atoms with Crippen LogP contribution in [0.25, 0.3) is 16.7 Å². The number of rotatable bonds is 2. The molecule has 2 bridgehead atoms. The van der Waals surface area contributed by atoms with Crippen molar-refractivity contribution in [3.8, 4) is 11.4 Å². The number of fused-ring (bicyclic) bond motifs is 7. The first kappa shape index (κ1) is 24.4. The standard InChI is InChI=1S/C31H31N7O3/c1-35-17-20-14-21(6-8-24(20)31(19-35)10-11-31)33-30-32-16-23-28(34-30)38-22-7-9-26-25(15-22)36(27(39)18-41-26)12-4-2-3-5-13-37(38)29(23)40/h3,5-9,14-16H,2,4,10-13,17-19H2,1H3,(H,32,33,34)/b5-3-. The molecule has 208 valence electrons. The average molecular weight is 550 g/mol. The lowest BCUT2D eigenvalue weighted by Crippen LogP contribution is -2.39. The Kier molecular flexibility index (Phi) is 5.37. The molecule has 1 spiro atoms. The molecule has 41 heavy (non-hydrogen) atoms. The predicted octanol–water partition coefficient (Wildman–Crippen LogP) is 3.88. The predicted molar refractivity (Wildman–Crippen MR) is 156 cm³/mol. The molecule has 3 aliphatic heterocycles. The fourth-order valence-corrected chi connectivity index (χ4v) is 6.72. The van der Waals surface area contributed by atoms with Crippen molar-refractivity contribution in [1.82, 2.24) is 24.2 Å². The van der Waals surface area contributed by atoms with E-state index < -0.39 is 0 Å². The number of hydrogen-bond donors (Lipinski definition) is 1. The van der Waals surface area contributed by atoms with Gasteiger partial charge >= 0.3 is 0 Å². The Morgan fingerprint density at radius 2 is 1.98 bits per heavy atom. The molecule has 2 aromatic carbocycles. The van der Waals surface area contributed by atoms with Gasteiger partial charge in [0, 0.05) is 36.9 Å². The number of likely N-dealkylation sites (N-methyl/N-ethyl adjacent to an activating group) is 1. The van der Waals surface area contributed by atoms with Gasteiger partial charge in [-0.2, -0.15) is 4.98 Å². The zero-order valence-electron chi connectivity index (χ0n) is 23.0. The Morgan fingerprint density at radius 1 is 1.07 bits per heavy atom. The lowest BCUT2D eigenvalue weighted by molar-refractivity contribution is -0.121. The molecular weight excluding hydrogens is 518 g/mol. The van der Waals surface area contributed by atoms with Crippen molar-refractivity contribution in [3.63, 3.8) is 0 Å². The van der Waals surface area contributed by atoms with E-state index in [1.54, 1.807) is 15.8 Å². The summed E-state index contributed by atoms with van der Waals surface area (Å²) in [6, 6.07) is 12.2. The number of carbonyl (C=O) groups is 1. The lowest BCUT2D eigenvalue weighted by Gasteiger charge is -2.32. The summed E-state index contributed by atoms with van der Waals surface area (Å²) < 4.78 is 9.22. The van der Waals surface area contributed by atoms with Crippen molar-refractivity contribution in [2.75, 3.05) is 37.0 Å². The normalized spacial score (nSPS) is 20.0. The van der Waals surface area contributed by atoms with Gasteiger partial charge in [0.2, 0.25) is 5.95 Å². The summed E-state index contributed by atoms with van der Waals surface area (Å²) in [6.07, 6.45) is 9.80. The van der Waals surface area contributed by atoms with Crippen LogP contribution in [0.15, 0.2) is 59.5 Å². The molecule has 0 unspecified atom stereocenters. The van der Waals surface area contributed by atoms with E-state index in [-0.39, 0.29) is 18.1 Å². The maximum Gasteiger partial charge on any atom is 0.278 e. The third-order valence-electron chi connectivity index (χ3n) is 8.80. The summed E-state index contributed by atoms with van der Waals surface area (Å²) in [5.74, 6) is 1.01. The molecule has 2 aromatic heterocycles. The van der Waals surface area contributed by atoms with Crippen LogP contribution >= 0.6 is 0 Å². The molecule has 0 radical (unpaired) electrons. The molecule has 0 atom stereocenters. The fraction of sp³-hybridized carbons (Fsp3) is 0.355. The number of ether oxygens (including phenoxy) is 1. The van der Waals surface area contributed by atoms with Gasteiger partial charge in [-0.3, -0.25) is 9.59 Å². The summed E-state index contributed by atoms with van der Waals surface area (Å²) in [5.41, 5.74) is 5.83. The van der Waals surface area contributed by atoms with Gasteiger partial charge in [0.15, 0.2) is 12.3 Å². The highest BCUT2D eigenvalue weighted by Gasteiger charge is 2.48. The van der Waals surface area contributed by atoms with Crippen LogP contribution in [-0.4, -0.2) is 56.9 Å². The van der Waals surface area contributed by atoms with E-state index in [0.29, 0.717) is 46.9 Å². The minimum Gasteiger partial charge on any atom is -0.482 e. The van der Waals surface area contributed by atoms with Crippen molar-refractivity contribution in [2.24, 2.45) is 0 Å². The number of anilines is 3. The van der Waals surface area contributed by atoms with Crippen LogP contribution < -0.4 is 20.5 Å². The number of benzene rings is 2. The summed E-state index contributed by atoms with van der Waals surface area (Å²) in [6.45, 7) is 3.08. The van der Waals surface area contributed by atoms with E-state index in [1.807, 2.05) is 29.0 Å². The molecule has 10 nitrogen and oxygen atoms in total. The third-order valence-corrected chi connectivity index (χ3v) is 8.80. The zero-order chi connectivity index (χ0) is 27.7. The van der Waals surface area contributed by atoms with Crippen molar-refractivity contribution in [2.45, 2.75) is 44.2 Å². The van der Waals surface area contributed by atoms with Gasteiger partial charge in [0.25, 0.3) is 11.5 Å². The molecular formula is C31H31N7O3. The molecule has 1 amide bonds. The highest BCUT2D eigenvalue weighted by molar-refractivity contribution is 5.98. The Balaban J connectivity index is 1.23. The molecule has 4 aromatic rings. The van der Waals surface area contributed by atoms with Gasteiger partial charge in [-0.15, -0.1) is 0 Å². The molecule has 4 aliphatic rings. The van der Waals surface area contributed by atoms with Crippen LogP contribution in [0.3, 0.4) is 0 Å². The van der Waals surface area contributed by atoms with E-state index in [4.69, 9.17) is 9.72 Å². The van der Waals surface area contributed by atoms with Crippen molar-refractivity contribution in [3.05, 3.63) is 76.2 Å². The molecule has 10 heteroatoms. The van der Waals surface area contributed by atoms with Gasteiger partial charge in [0.05, 0.1) is 17.9 Å². The number of nitrogens with one attached hydrogen (secondary N) is 1. The largest absolute Gasteiger partial charge is 0.482 e. The second-order valence-corrected chi connectivity index (χ2v) is 11.7. The average Bonchev–Trinajstić information content (AvgIpc) is 3.66. The van der Waals surface area contributed by atoms with E-state index in [0.717, 1.165) is 37.3 Å². The number of carbonyl (C=O) groups excluding carboxylic acids is 1. The van der Waals surface area contributed by atoms with Crippen LogP contribution in [0.4, 0.5) is 17.3 Å². The Hall–Kier alpha value is -4.44. The van der Waals surface area contributed by atoms with E-state index in [9.17, 15) is 9.59 Å². The Labute approximate surface area is 236 Å². The van der Waals surface area contributed by atoms with Crippen LogP contribution in [0.5, 0.6) is 5.75 Å². The topological polar surface area (TPSA) is 97.5 Å². The minimum atomic E-state index is -0.165. The molecule has 5 heterocycles. The van der Waals surface area contributed by atoms with E-state index in [2.05, 4.69) is 46.5 Å². The minimum absolute atomic E-state index is 0.0293. The summed E-state index contributed by atoms with van der Waals surface area (Å²) in [4.78, 5) is 39.9. The number of hydrogen-bond acceptors (Lipinski definition) is 7. The highest BCUT2D eigenvalue weighted by atomic mass is 16.5. The molecule has 1 N–H and O–H groups in total. The van der Waals surface area contributed by atoms with Crippen molar-refractivity contribution < 1.29 is 9.53 Å². The van der Waals surface area contributed by atoms with Gasteiger partial charge in [0.1, 0.15) is 11.1 Å². The molecule has 1 saturated carbocycles. The molecule has 0 saturated heterocycles.